The van der Waals surface area contributed by atoms with Crippen molar-refractivity contribution in [3.63, 3.8) is 0 Å². The lowest BCUT2D eigenvalue weighted by atomic mass is 9.89. The fraction of sp³-hybridized carbons (Fsp3) is 0.250. The van der Waals surface area contributed by atoms with Crippen LogP contribution in [0.5, 0.6) is 0 Å². The monoisotopic (exact) mass is 251 g/mol. The number of nitrogens with two attached hydrogens (primary N) is 1. The second-order valence-electron chi connectivity index (χ2n) is 5.17. The van der Waals surface area contributed by atoms with Crippen LogP contribution >= 0.6 is 0 Å². The van der Waals surface area contributed by atoms with Crippen molar-refractivity contribution < 1.29 is 0 Å². The molecule has 1 aliphatic heterocycles. The van der Waals surface area contributed by atoms with E-state index >= 15 is 0 Å². The first kappa shape index (κ1) is 11.9. The summed E-state index contributed by atoms with van der Waals surface area (Å²) in [6.45, 7) is 4.13. The van der Waals surface area contributed by atoms with E-state index in [9.17, 15) is 0 Å². The van der Waals surface area contributed by atoms with Crippen molar-refractivity contribution in [3.8, 4) is 0 Å². The van der Waals surface area contributed by atoms with Gasteiger partial charge in [0.05, 0.1) is 0 Å². The highest BCUT2D eigenvalue weighted by molar-refractivity contribution is 5.93. The molecule has 1 atom stereocenters. The summed E-state index contributed by atoms with van der Waals surface area (Å²) in [6.07, 6.45) is 6.81. The van der Waals surface area contributed by atoms with Gasteiger partial charge in [0.25, 0.3) is 0 Å². The van der Waals surface area contributed by atoms with Crippen molar-refractivity contribution in [1.82, 2.24) is 4.98 Å². The number of hydrogen-bond donors (Lipinski definition) is 1. The fourth-order valence-electron chi connectivity index (χ4n) is 2.73. The third kappa shape index (κ3) is 2.24. The van der Waals surface area contributed by atoms with E-state index in [4.69, 9.17) is 5.73 Å². The molecule has 0 amide bonds. The van der Waals surface area contributed by atoms with Gasteiger partial charge < -0.3 is 5.73 Å². The van der Waals surface area contributed by atoms with Gasteiger partial charge >= 0.3 is 0 Å². The summed E-state index contributed by atoms with van der Waals surface area (Å²) in [5, 5.41) is 2.17. The molecule has 3 heteroatoms. The van der Waals surface area contributed by atoms with Gasteiger partial charge in [0.2, 0.25) is 0 Å². The molecule has 0 bridgehead atoms. The van der Waals surface area contributed by atoms with E-state index in [-0.39, 0.29) is 0 Å². The Balaban J connectivity index is 2.09. The fourth-order valence-corrected chi connectivity index (χ4v) is 2.73. The minimum atomic E-state index is 0.373. The topological polar surface area (TPSA) is 51.3 Å². The SMILES string of the molecule is CC1=CC(c2cc(N)c3cnccc3c2)CC(C)=N1. The van der Waals surface area contributed by atoms with Gasteiger partial charge in [-0.05, 0) is 43.4 Å². The summed E-state index contributed by atoms with van der Waals surface area (Å²) in [5.41, 5.74) is 10.5. The predicted octanol–water partition coefficient (Wildman–Crippen LogP) is 3.67. The Labute approximate surface area is 112 Å². The van der Waals surface area contributed by atoms with Gasteiger partial charge in [-0.15, -0.1) is 0 Å². The molecule has 1 aromatic carbocycles. The molecule has 2 heterocycles. The molecule has 0 radical (unpaired) electrons. The summed E-state index contributed by atoms with van der Waals surface area (Å²) < 4.78 is 0. The Hall–Kier alpha value is -2.16. The van der Waals surface area contributed by atoms with Crippen molar-refractivity contribution in [2.24, 2.45) is 4.99 Å². The average Bonchev–Trinajstić information content (AvgIpc) is 2.37. The summed E-state index contributed by atoms with van der Waals surface area (Å²) in [7, 11) is 0. The molecule has 1 aliphatic rings. The zero-order chi connectivity index (χ0) is 13.4. The number of aliphatic imine (C=N–C) groups is 1. The van der Waals surface area contributed by atoms with Crippen LogP contribution in [-0.4, -0.2) is 10.7 Å². The smallest absolute Gasteiger partial charge is 0.0412 e. The van der Waals surface area contributed by atoms with Crippen LogP contribution in [0.15, 0.2) is 47.4 Å². The van der Waals surface area contributed by atoms with Gasteiger partial charge in [-0.3, -0.25) is 9.98 Å². The molecule has 3 rings (SSSR count). The largest absolute Gasteiger partial charge is 0.398 e. The van der Waals surface area contributed by atoms with Crippen LogP contribution < -0.4 is 5.73 Å². The van der Waals surface area contributed by atoms with E-state index in [0.29, 0.717) is 5.92 Å². The van der Waals surface area contributed by atoms with Crippen molar-refractivity contribution in [1.29, 1.82) is 0 Å². The molecule has 0 saturated heterocycles. The van der Waals surface area contributed by atoms with E-state index in [0.717, 1.165) is 28.6 Å². The first-order valence-corrected chi connectivity index (χ1v) is 6.49. The van der Waals surface area contributed by atoms with Gasteiger partial charge in [0, 0.05) is 40.8 Å². The molecule has 1 unspecified atom stereocenters. The Kier molecular flexibility index (Phi) is 2.82. The minimum Gasteiger partial charge on any atom is -0.398 e. The maximum atomic E-state index is 6.14. The van der Waals surface area contributed by atoms with E-state index < -0.39 is 0 Å². The third-order valence-electron chi connectivity index (χ3n) is 3.56. The lowest BCUT2D eigenvalue weighted by Gasteiger charge is -2.19. The Morgan fingerprint density at radius 1 is 1.26 bits per heavy atom. The lowest BCUT2D eigenvalue weighted by Crippen LogP contribution is -2.08. The molecule has 19 heavy (non-hydrogen) atoms. The molecular weight excluding hydrogens is 234 g/mol. The quantitative estimate of drug-likeness (QED) is 0.786. The number of hydrogen-bond acceptors (Lipinski definition) is 3. The summed E-state index contributed by atoms with van der Waals surface area (Å²) >= 11 is 0. The van der Waals surface area contributed by atoms with Crippen molar-refractivity contribution in [3.05, 3.63) is 47.9 Å². The predicted molar refractivity (Wildman–Crippen MR) is 80.4 cm³/mol. The minimum absolute atomic E-state index is 0.373. The van der Waals surface area contributed by atoms with Gasteiger partial charge in [-0.1, -0.05) is 12.1 Å². The number of pyridine rings is 1. The Bertz CT molecular complexity index is 698. The third-order valence-corrected chi connectivity index (χ3v) is 3.56. The highest BCUT2D eigenvalue weighted by Crippen LogP contribution is 2.32. The van der Waals surface area contributed by atoms with Crippen LogP contribution in [-0.2, 0) is 0 Å². The van der Waals surface area contributed by atoms with Crippen molar-refractivity contribution >= 4 is 22.2 Å². The molecule has 2 N–H and O–H groups in total. The van der Waals surface area contributed by atoms with Crippen molar-refractivity contribution in [2.75, 3.05) is 5.73 Å². The first-order chi connectivity index (χ1) is 9.13. The molecule has 96 valence electrons. The second-order valence-corrected chi connectivity index (χ2v) is 5.17. The summed E-state index contributed by atoms with van der Waals surface area (Å²) in [4.78, 5) is 8.61. The first-order valence-electron chi connectivity index (χ1n) is 6.49. The number of allylic oxidation sites excluding steroid dienone is 2. The maximum absolute atomic E-state index is 6.14. The van der Waals surface area contributed by atoms with Crippen LogP contribution in [0.4, 0.5) is 5.69 Å². The van der Waals surface area contributed by atoms with Gasteiger partial charge in [0.1, 0.15) is 0 Å². The normalized spacial score (nSPS) is 19.2. The highest BCUT2D eigenvalue weighted by atomic mass is 14.8. The molecule has 0 fully saturated rings. The number of fused-ring (bicyclic) bond motifs is 1. The van der Waals surface area contributed by atoms with Crippen LogP contribution in [0.1, 0.15) is 31.7 Å². The summed E-state index contributed by atoms with van der Waals surface area (Å²) in [5.74, 6) is 0.373. The van der Waals surface area contributed by atoms with Crippen LogP contribution in [0.2, 0.25) is 0 Å². The van der Waals surface area contributed by atoms with E-state index in [2.05, 4.69) is 35.1 Å². The van der Waals surface area contributed by atoms with Crippen molar-refractivity contribution in [2.45, 2.75) is 26.2 Å². The van der Waals surface area contributed by atoms with Crippen LogP contribution in [0.25, 0.3) is 10.8 Å². The zero-order valence-corrected chi connectivity index (χ0v) is 11.2. The number of nitrogens with zero attached hydrogens (tertiary/aromatic N) is 2. The molecule has 0 saturated carbocycles. The zero-order valence-electron chi connectivity index (χ0n) is 11.2. The van der Waals surface area contributed by atoms with E-state index in [1.807, 2.05) is 19.2 Å². The molecular formula is C16H17N3. The number of anilines is 1. The summed E-state index contributed by atoms with van der Waals surface area (Å²) in [6, 6.07) is 6.28. The average molecular weight is 251 g/mol. The molecule has 0 aliphatic carbocycles. The van der Waals surface area contributed by atoms with E-state index in [1.165, 1.54) is 11.3 Å². The Morgan fingerprint density at radius 2 is 2.11 bits per heavy atom. The number of benzene rings is 1. The molecule has 1 aromatic heterocycles. The van der Waals surface area contributed by atoms with Crippen LogP contribution in [0, 0.1) is 0 Å². The molecule has 3 nitrogen and oxygen atoms in total. The maximum Gasteiger partial charge on any atom is 0.0412 e. The number of nitrogen functional groups attached to an aromatic ring is 1. The number of rotatable bonds is 1. The molecule has 0 spiro atoms. The lowest BCUT2D eigenvalue weighted by molar-refractivity contribution is 0.855. The Morgan fingerprint density at radius 3 is 2.89 bits per heavy atom. The van der Waals surface area contributed by atoms with E-state index in [1.54, 1.807) is 6.20 Å². The number of aromatic nitrogens is 1. The highest BCUT2D eigenvalue weighted by Gasteiger charge is 2.16. The van der Waals surface area contributed by atoms with Gasteiger partial charge in [0.15, 0.2) is 0 Å². The van der Waals surface area contributed by atoms with Crippen LogP contribution in [0.3, 0.4) is 0 Å². The molecule has 2 aromatic rings. The second kappa shape index (κ2) is 4.50. The van der Waals surface area contributed by atoms with Gasteiger partial charge in [-0.25, -0.2) is 0 Å². The van der Waals surface area contributed by atoms with Gasteiger partial charge in [-0.2, -0.15) is 0 Å². The standard InChI is InChI=1S/C16H17N3/c1-10-5-13(6-11(2)19-10)14-7-12-3-4-18-9-15(12)16(17)8-14/h3-5,7-9,13H,6,17H2,1-2H3.